The number of ether oxygens (including phenoxy) is 2. The van der Waals surface area contributed by atoms with Crippen LogP contribution >= 0.6 is 0 Å². The molecule has 4 heteroatoms. The summed E-state index contributed by atoms with van der Waals surface area (Å²) in [5, 5.41) is 0. The fourth-order valence-electron chi connectivity index (χ4n) is 3.90. The van der Waals surface area contributed by atoms with Gasteiger partial charge in [-0.25, -0.2) is 0 Å². The lowest BCUT2D eigenvalue weighted by Gasteiger charge is -2.54. The van der Waals surface area contributed by atoms with E-state index in [2.05, 4.69) is 20.8 Å². The van der Waals surface area contributed by atoms with Crippen molar-refractivity contribution in [1.29, 1.82) is 0 Å². The molecule has 108 valence electrons. The van der Waals surface area contributed by atoms with Crippen LogP contribution in [0.4, 0.5) is 0 Å². The van der Waals surface area contributed by atoms with Crippen molar-refractivity contribution in [2.24, 2.45) is 10.8 Å². The molecule has 2 aliphatic rings. The average Bonchev–Trinajstić information content (AvgIpc) is 2.38. The van der Waals surface area contributed by atoms with Crippen molar-refractivity contribution >= 4 is 11.9 Å². The van der Waals surface area contributed by atoms with Crippen molar-refractivity contribution in [3.63, 3.8) is 0 Å². The number of rotatable bonds is 3. The summed E-state index contributed by atoms with van der Waals surface area (Å²) < 4.78 is 10.8. The zero-order chi connectivity index (χ0) is 14.1. The molecule has 1 aliphatic heterocycles. The molecule has 4 nitrogen and oxygen atoms in total. The molecule has 0 spiro atoms. The molecular formula is C15H24O4. The first-order chi connectivity index (χ1) is 8.97. The number of hydrogen-bond acceptors (Lipinski definition) is 4. The third kappa shape index (κ3) is 2.26. The molecule has 2 atom stereocenters. The Morgan fingerprint density at radius 3 is 2.16 bits per heavy atom. The third-order valence-electron chi connectivity index (χ3n) is 5.43. The van der Waals surface area contributed by atoms with Gasteiger partial charge in [-0.3, -0.25) is 9.59 Å². The first-order valence-electron chi connectivity index (χ1n) is 7.36. The molecule has 0 N–H and O–H groups in total. The van der Waals surface area contributed by atoms with Crippen molar-refractivity contribution in [2.45, 2.75) is 72.0 Å². The highest BCUT2D eigenvalue weighted by Crippen LogP contribution is 2.57. The Morgan fingerprint density at radius 2 is 1.63 bits per heavy atom. The molecule has 0 radical (unpaired) electrons. The standard InChI is InChI=1S/C15H24O4/c1-4-14(3)8-6-7-9-15(14,5-2)13-18-11(16)10-12(17)19-13/h13H,4-10H2,1-3H3. The van der Waals surface area contributed by atoms with E-state index in [0.29, 0.717) is 0 Å². The summed E-state index contributed by atoms with van der Waals surface area (Å²) >= 11 is 0. The number of esters is 2. The molecule has 19 heavy (non-hydrogen) atoms. The minimum atomic E-state index is -0.698. The summed E-state index contributed by atoms with van der Waals surface area (Å²) in [6.07, 6.45) is 5.28. The lowest BCUT2D eigenvalue weighted by molar-refractivity contribution is -0.253. The van der Waals surface area contributed by atoms with Crippen molar-refractivity contribution in [1.82, 2.24) is 0 Å². The van der Waals surface area contributed by atoms with Gasteiger partial charge in [0.2, 0.25) is 0 Å². The van der Waals surface area contributed by atoms with Gasteiger partial charge in [-0.2, -0.15) is 0 Å². The highest BCUT2D eigenvalue weighted by atomic mass is 16.7. The van der Waals surface area contributed by atoms with Crippen LogP contribution in [0.15, 0.2) is 0 Å². The summed E-state index contributed by atoms with van der Waals surface area (Å²) in [5.41, 5.74) is -0.172. The molecule has 2 rings (SSSR count). The van der Waals surface area contributed by atoms with Crippen LogP contribution in [0.1, 0.15) is 65.7 Å². The predicted octanol–water partition coefficient (Wildman–Crippen LogP) is 3.19. The van der Waals surface area contributed by atoms with Crippen LogP contribution in [-0.2, 0) is 19.1 Å². The van der Waals surface area contributed by atoms with E-state index in [1.165, 1.54) is 6.42 Å². The Hall–Kier alpha value is -1.06. The molecule has 1 aliphatic carbocycles. The maximum absolute atomic E-state index is 11.6. The Balaban J connectivity index is 2.34. The normalized spacial score (nSPS) is 36.8. The zero-order valence-electron chi connectivity index (χ0n) is 12.2. The quantitative estimate of drug-likeness (QED) is 0.582. The number of carbonyl (C=O) groups excluding carboxylic acids is 2. The first-order valence-corrected chi connectivity index (χ1v) is 7.36. The van der Waals surface area contributed by atoms with Crippen LogP contribution in [0.25, 0.3) is 0 Å². The van der Waals surface area contributed by atoms with Gasteiger partial charge >= 0.3 is 11.9 Å². The minimum Gasteiger partial charge on any atom is -0.424 e. The first kappa shape index (κ1) is 14.4. The van der Waals surface area contributed by atoms with E-state index >= 15 is 0 Å². The van der Waals surface area contributed by atoms with Crippen LogP contribution in [0.5, 0.6) is 0 Å². The van der Waals surface area contributed by atoms with E-state index in [-0.39, 0.29) is 17.3 Å². The second-order valence-electron chi connectivity index (χ2n) is 6.12. The Labute approximate surface area is 114 Å². The molecule has 0 aromatic heterocycles. The number of cyclic esters (lactones) is 2. The molecule has 2 fully saturated rings. The van der Waals surface area contributed by atoms with Crippen molar-refractivity contribution in [3.05, 3.63) is 0 Å². The second kappa shape index (κ2) is 5.14. The third-order valence-corrected chi connectivity index (χ3v) is 5.43. The molecule has 1 saturated heterocycles. The Kier molecular flexibility index (Phi) is 3.88. The van der Waals surface area contributed by atoms with Crippen molar-refractivity contribution < 1.29 is 19.1 Å². The summed E-state index contributed by atoms with van der Waals surface area (Å²) in [4.78, 5) is 23.1. The highest BCUT2D eigenvalue weighted by molar-refractivity contribution is 5.92. The van der Waals surface area contributed by atoms with Crippen LogP contribution in [0.2, 0.25) is 0 Å². The second-order valence-corrected chi connectivity index (χ2v) is 6.12. The van der Waals surface area contributed by atoms with Gasteiger partial charge < -0.3 is 9.47 Å². The van der Waals surface area contributed by atoms with Gasteiger partial charge in [0.05, 0.1) is 0 Å². The summed E-state index contributed by atoms with van der Waals surface area (Å²) in [6, 6.07) is 0. The summed E-state index contributed by atoms with van der Waals surface area (Å²) in [5.74, 6) is -0.892. The SMILES string of the molecule is CCC1(C)CCCCC1(CC)C1OC(=O)CC(=O)O1. The van der Waals surface area contributed by atoms with Crippen LogP contribution in [0.3, 0.4) is 0 Å². The van der Waals surface area contributed by atoms with E-state index in [4.69, 9.17) is 9.47 Å². The monoisotopic (exact) mass is 268 g/mol. The van der Waals surface area contributed by atoms with Gasteiger partial charge in [-0.05, 0) is 31.1 Å². The van der Waals surface area contributed by atoms with Gasteiger partial charge in [0.15, 0.2) is 0 Å². The van der Waals surface area contributed by atoms with Crippen molar-refractivity contribution in [2.75, 3.05) is 0 Å². The predicted molar refractivity (Wildman–Crippen MR) is 70.2 cm³/mol. The molecule has 2 unspecified atom stereocenters. The van der Waals surface area contributed by atoms with Gasteiger partial charge in [0, 0.05) is 5.41 Å². The van der Waals surface area contributed by atoms with Gasteiger partial charge in [0.1, 0.15) is 6.42 Å². The molecular weight excluding hydrogens is 244 g/mol. The van der Waals surface area contributed by atoms with Gasteiger partial charge in [-0.15, -0.1) is 0 Å². The minimum absolute atomic E-state index is 0.0581. The Bertz CT molecular complexity index is 362. The fraction of sp³-hybridized carbons (Fsp3) is 0.867. The van der Waals surface area contributed by atoms with E-state index < -0.39 is 18.2 Å². The fourth-order valence-corrected chi connectivity index (χ4v) is 3.90. The number of carbonyl (C=O) groups is 2. The largest absolute Gasteiger partial charge is 0.424 e. The highest BCUT2D eigenvalue weighted by Gasteiger charge is 2.56. The topological polar surface area (TPSA) is 52.6 Å². The molecule has 1 saturated carbocycles. The van der Waals surface area contributed by atoms with Crippen LogP contribution in [0, 0.1) is 10.8 Å². The van der Waals surface area contributed by atoms with Gasteiger partial charge in [-0.1, -0.05) is 33.6 Å². The lowest BCUT2D eigenvalue weighted by atomic mass is 9.54. The Morgan fingerprint density at radius 1 is 1.05 bits per heavy atom. The molecule has 0 amide bonds. The smallest absolute Gasteiger partial charge is 0.320 e. The maximum Gasteiger partial charge on any atom is 0.320 e. The van der Waals surface area contributed by atoms with Crippen LogP contribution in [-0.4, -0.2) is 18.2 Å². The van der Waals surface area contributed by atoms with Crippen molar-refractivity contribution in [3.8, 4) is 0 Å². The lowest BCUT2D eigenvalue weighted by Crippen LogP contribution is -2.54. The van der Waals surface area contributed by atoms with E-state index in [1.54, 1.807) is 0 Å². The molecule has 0 bridgehead atoms. The van der Waals surface area contributed by atoms with E-state index in [1.807, 2.05) is 0 Å². The average molecular weight is 268 g/mol. The zero-order valence-corrected chi connectivity index (χ0v) is 12.2. The molecule has 0 aromatic rings. The van der Waals surface area contributed by atoms with E-state index in [0.717, 1.165) is 32.1 Å². The summed E-state index contributed by atoms with van der Waals surface area (Å²) in [7, 11) is 0. The van der Waals surface area contributed by atoms with Crippen LogP contribution < -0.4 is 0 Å². The van der Waals surface area contributed by atoms with Gasteiger partial charge in [0.25, 0.3) is 6.29 Å². The maximum atomic E-state index is 11.6. The summed E-state index contributed by atoms with van der Waals surface area (Å²) in [6.45, 7) is 6.52. The molecule has 1 heterocycles. The number of hydrogen-bond donors (Lipinski definition) is 0. The molecule has 0 aromatic carbocycles. The van der Waals surface area contributed by atoms with E-state index in [9.17, 15) is 9.59 Å².